The Balaban J connectivity index is 1.48. The largest absolute Gasteiger partial charge is 0.466 e. The van der Waals surface area contributed by atoms with E-state index in [1.807, 2.05) is 24.0 Å². The van der Waals surface area contributed by atoms with Gasteiger partial charge in [0, 0.05) is 38.9 Å². The Morgan fingerprint density at radius 1 is 1.43 bits per heavy atom. The molecule has 0 radical (unpaired) electrons. The molecule has 1 unspecified atom stereocenters. The Morgan fingerprint density at radius 3 is 3.00 bits per heavy atom. The van der Waals surface area contributed by atoms with Crippen LogP contribution in [0.5, 0.6) is 0 Å². The number of furan rings is 1. The molecule has 2 aromatic heterocycles. The summed E-state index contributed by atoms with van der Waals surface area (Å²) >= 11 is 0. The molecule has 3 rings (SSSR count). The number of hydrogen-bond donors (Lipinski definition) is 1. The molecular formula is C16H22N4O3. The number of aryl methyl sites for hydroxylation is 2. The van der Waals surface area contributed by atoms with Gasteiger partial charge in [-0.1, -0.05) is 5.16 Å². The van der Waals surface area contributed by atoms with Gasteiger partial charge in [0.25, 0.3) is 0 Å². The summed E-state index contributed by atoms with van der Waals surface area (Å²) in [4.78, 5) is 18.4. The molecule has 1 aliphatic rings. The number of nitrogens with zero attached hydrogens (tertiary/aromatic N) is 3. The molecule has 1 fully saturated rings. The van der Waals surface area contributed by atoms with Crippen molar-refractivity contribution in [3.05, 3.63) is 35.4 Å². The van der Waals surface area contributed by atoms with Crippen molar-refractivity contribution >= 4 is 6.03 Å². The van der Waals surface area contributed by atoms with Gasteiger partial charge in [0.1, 0.15) is 11.5 Å². The first kappa shape index (κ1) is 15.6. The van der Waals surface area contributed by atoms with E-state index in [9.17, 15) is 4.79 Å². The summed E-state index contributed by atoms with van der Waals surface area (Å²) in [6.07, 6.45) is 2.62. The van der Waals surface area contributed by atoms with Crippen LogP contribution in [0, 0.1) is 13.8 Å². The van der Waals surface area contributed by atoms with E-state index >= 15 is 0 Å². The van der Waals surface area contributed by atoms with Gasteiger partial charge < -0.3 is 19.2 Å². The second-order valence-electron chi connectivity index (χ2n) is 5.95. The third-order valence-electron chi connectivity index (χ3n) is 4.06. The van der Waals surface area contributed by atoms with E-state index in [4.69, 9.17) is 8.94 Å². The molecule has 1 N–H and O–H groups in total. The zero-order valence-electron chi connectivity index (χ0n) is 13.5. The summed E-state index contributed by atoms with van der Waals surface area (Å²) in [5, 5.41) is 6.93. The minimum Gasteiger partial charge on any atom is -0.466 e. The van der Waals surface area contributed by atoms with E-state index in [2.05, 4.69) is 15.5 Å². The van der Waals surface area contributed by atoms with Crippen LogP contribution in [-0.4, -0.2) is 40.7 Å². The molecule has 0 aliphatic carbocycles. The fraction of sp³-hybridized carbons (Fsp3) is 0.562. The van der Waals surface area contributed by atoms with Gasteiger partial charge in [-0.05, 0) is 31.9 Å². The van der Waals surface area contributed by atoms with Gasteiger partial charge in [-0.3, -0.25) is 0 Å². The molecule has 7 heteroatoms. The fourth-order valence-corrected chi connectivity index (χ4v) is 2.88. The highest BCUT2D eigenvalue weighted by Crippen LogP contribution is 2.24. The minimum atomic E-state index is -0.0433. The molecule has 2 aromatic rings. The lowest BCUT2D eigenvalue weighted by Gasteiger charge is -2.31. The highest BCUT2D eigenvalue weighted by molar-refractivity contribution is 5.74. The maximum Gasteiger partial charge on any atom is 0.317 e. The summed E-state index contributed by atoms with van der Waals surface area (Å²) in [6.45, 7) is 5.65. The molecule has 0 saturated carbocycles. The molecule has 1 aliphatic heterocycles. The zero-order chi connectivity index (χ0) is 16.2. The number of hydrogen-bond acceptors (Lipinski definition) is 5. The number of nitrogens with one attached hydrogen (secondary N) is 1. The Kier molecular flexibility index (Phi) is 4.64. The average molecular weight is 318 g/mol. The Morgan fingerprint density at radius 2 is 2.30 bits per heavy atom. The molecule has 7 nitrogen and oxygen atoms in total. The highest BCUT2D eigenvalue weighted by atomic mass is 16.5. The van der Waals surface area contributed by atoms with Gasteiger partial charge in [-0.25, -0.2) is 4.79 Å². The second kappa shape index (κ2) is 6.85. The molecule has 0 spiro atoms. The summed E-state index contributed by atoms with van der Waals surface area (Å²) in [5.41, 5.74) is 0. The molecule has 3 heterocycles. The van der Waals surface area contributed by atoms with E-state index in [0.29, 0.717) is 31.2 Å². The number of carbonyl (C=O) groups is 1. The van der Waals surface area contributed by atoms with Crippen molar-refractivity contribution in [2.45, 2.75) is 39.0 Å². The van der Waals surface area contributed by atoms with Crippen molar-refractivity contribution in [2.24, 2.45) is 0 Å². The van der Waals surface area contributed by atoms with E-state index in [-0.39, 0.29) is 11.9 Å². The minimum absolute atomic E-state index is 0.0433. The van der Waals surface area contributed by atoms with Crippen LogP contribution in [0.2, 0.25) is 0 Å². The van der Waals surface area contributed by atoms with E-state index in [0.717, 1.165) is 30.9 Å². The highest BCUT2D eigenvalue weighted by Gasteiger charge is 2.27. The number of piperidine rings is 1. The molecule has 0 aromatic carbocycles. The molecule has 0 bridgehead atoms. The summed E-state index contributed by atoms with van der Waals surface area (Å²) < 4.78 is 10.5. The maximum absolute atomic E-state index is 12.3. The molecule has 1 atom stereocenters. The lowest BCUT2D eigenvalue weighted by atomic mass is 9.98. The number of aromatic nitrogens is 2. The van der Waals surface area contributed by atoms with Gasteiger partial charge >= 0.3 is 6.03 Å². The number of carbonyl (C=O) groups excluding carboxylic acids is 1. The first-order chi connectivity index (χ1) is 11.1. The van der Waals surface area contributed by atoms with Crippen LogP contribution in [-0.2, 0) is 6.42 Å². The summed E-state index contributed by atoms with van der Waals surface area (Å²) in [7, 11) is 0. The Labute approximate surface area is 135 Å². The van der Waals surface area contributed by atoms with E-state index in [1.165, 1.54) is 0 Å². The van der Waals surface area contributed by atoms with Crippen LogP contribution in [0.1, 0.15) is 42.0 Å². The van der Waals surface area contributed by atoms with Crippen molar-refractivity contribution in [1.29, 1.82) is 0 Å². The van der Waals surface area contributed by atoms with Crippen molar-refractivity contribution in [3.63, 3.8) is 0 Å². The zero-order valence-corrected chi connectivity index (χ0v) is 13.5. The quantitative estimate of drug-likeness (QED) is 0.936. The monoisotopic (exact) mass is 318 g/mol. The van der Waals surface area contributed by atoms with Gasteiger partial charge in [-0.15, -0.1) is 0 Å². The normalized spacial score (nSPS) is 18.2. The van der Waals surface area contributed by atoms with Gasteiger partial charge in [0.2, 0.25) is 5.89 Å². The summed E-state index contributed by atoms with van der Waals surface area (Å²) in [5.74, 6) is 3.20. The molecule has 23 heavy (non-hydrogen) atoms. The molecule has 124 valence electrons. The second-order valence-corrected chi connectivity index (χ2v) is 5.95. The fourth-order valence-electron chi connectivity index (χ4n) is 2.88. The van der Waals surface area contributed by atoms with Crippen LogP contribution >= 0.6 is 0 Å². The third-order valence-corrected chi connectivity index (χ3v) is 4.06. The predicted molar refractivity (Wildman–Crippen MR) is 83.1 cm³/mol. The van der Waals surface area contributed by atoms with Crippen LogP contribution in [0.4, 0.5) is 4.79 Å². The number of rotatable bonds is 4. The maximum atomic E-state index is 12.3. The Hall–Kier alpha value is -2.31. The smallest absolute Gasteiger partial charge is 0.317 e. The summed E-state index contributed by atoms with van der Waals surface area (Å²) in [6, 6.07) is 3.83. The average Bonchev–Trinajstić information content (AvgIpc) is 3.16. The van der Waals surface area contributed by atoms with Crippen LogP contribution in [0.3, 0.4) is 0 Å². The van der Waals surface area contributed by atoms with E-state index in [1.54, 1.807) is 6.92 Å². The standard InChI is InChI=1S/C16H22N4O3/c1-11-5-6-14(22-11)7-8-17-16(21)20-9-3-4-13(10-20)15-18-12(2)23-19-15/h5-6,13H,3-4,7-10H2,1-2H3,(H,17,21). The van der Waals surface area contributed by atoms with E-state index < -0.39 is 0 Å². The first-order valence-electron chi connectivity index (χ1n) is 8.00. The van der Waals surface area contributed by atoms with Crippen molar-refractivity contribution in [2.75, 3.05) is 19.6 Å². The number of amides is 2. The number of urea groups is 1. The van der Waals surface area contributed by atoms with Crippen molar-refractivity contribution < 1.29 is 13.7 Å². The van der Waals surface area contributed by atoms with Gasteiger partial charge in [0.05, 0.1) is 0 Å². The lowest BCUT2D eigenvalue weighted by molar-refractivity contribution is 0.177. The van der Waals surface area contributed by atoms with Crippen molar-refractivity contribution in [1.82, 2.24) is 20.4 Å². The predicted octanol–water partition coefficient (Wildman–Crippen LogP) is 2.41. The number of likely N-dealkylation sites (tertiary alicyclic amines) is 1. The third kappa shape index (κ3) is 3.91. The van der Waals surface area contributed by atoms with Crippen molar-refractivity contribution in [3.8, 4) is 0 Å². The van der Waals surface area contributed by atoms with Gasteiger partial charge in [0.15, 0.2) is 5.82 Å². The SMILES string of the molecule is Cc1ccc(CCNC(=O)N2CCCC(c3noc(C)n3)C2)o1. The molecular weight excluding hydrogens is 296 g/mol. The topological polar surface area (TPSA) is 84.4 Å². The molecule has 2 amide bonds. The van der Waals surface area contributed by atoms with Crippen LogP contribution < -0.4 is 5.32 Å². The van der Waals surface area contributed by atoms with Gasteiger partial charge in [-0.2, -0.15) is 4.98 Å². The Bertz CT molecular complexity index is 664. The van der Waals surface area contributed by atoms with Crippen LogP contribution in [0.15, 0.2) is 21.1 Å². The molecule has 1 saturated heterocycles. The van der Waals surface area contributed by atoms with Crippen LogP contribution in [0.25, 0.3) is 0 Å². The first-order valence-corrected chi connectivity index (χ1v) is 8.00. The lowest BCUT2D eigenvalue weighted by Crippen LogP contribution is -2.45.